The second-order valence-corrected chi connectivity index (χ2v) is 35.3. The van der Waals surface area contributed by atoms with E-state index in [9.17, 15) is 73.5 Å². The molecule has 0 bridgehead atoms. The minimum absolute atomic E-state index is 0.00135. The van der Waals surface area contributed by atoms with Crippen molar-refractivity contribution in [2.24, 2.45) is 17.4 Å². The number of carbonyl (C=O) groups is 18. The molecule has 5 aromatic rings. The van der Waals surface area contributed by atoms with Crippen LogP contribution < -0.4 is 64.6 Å². The zero-order valence-electron chi connectivity index (χ0n) is 74.8. The molecule has 6 heterocycles. The number of aliphatic hydroxyl groups is 2. The maximum Gasteiger partial charge on any atom is 0.305 e. The van der Waals surface area contributed by atoms with E-state index in [0.717, 1.165) is 31.4 Å². The molecule has 3 aromatic carbocycles. The van der Waals surface area contributed by atoms with Crippen molar-refractivity contribution in [2.45, 2.75) is 240 Å². The molecule has 15 atom stereocenters. The van der Waals surface area contributed by atoms with Crippen LogP contribution in [0.5, 0.6) is 5.75 Å². The number of nitrogens with one attached hydrogen (secondary N) is 12. The average Bonchev–Trinajstić information content (AvgIpc) is 1.61. The zero-order valence-corrected chi connectivity index (χ0v) is 75.6. The van der Waals surface area contributed by atoms with E-state index in [-0.39, 0.29) is 82.5 Å². The molecule has 0 aliphatic carbocycles. The Morgan fingerprint density at radius 3 is 1.61 bits per heavy atom. The van der Waals surface area contributed by atoms with Crippen LogP contribution in [0.1, 0.15) is 147 Å². The molecule has 2 aromatic heterocycles. The van der Waals surface area contributed by atoms with Crippen molar-refractivity contribution >= 4 is 140 Å². The van der Waals surface area contributed by atoms with Crippen LogP contribution in [-0.4, -0.2) is 322 Å². The summed E-state index contributed by atoms with van der Waals surface area (Å²) in [5, 5.41) is 80.0. The molecule has 16 amide bonds. The van der Waals surface area contributed by atoms with Crippen LogP contribution >= 0.6 is 11.8 Å². The molecule has 42 nitrogen and oxygen atoms in total. The number of unbranched alkanes of at least 4 members (excludes halogenated alkanes) is 2. The number of fused-ring (bicyclic) bond motifs is 5. The summed E-state index contributed by atoms with van der Waals surface area (Å²) < 4.78 is 0. The van der Waals surface area contributed by atoms with Gasteiger partial charge < -0.3 is 125 Å². The van der Waals surface area contributed by atoms with Gasteiger partial charge in [-0.1, -0.05) is 102 Å². The van der Waals surface area contributed by atoms with Gasteiger partial charge >= 0.3 is 11.9 Å². The number of primary amides is 1. The van der Waals surface area contributed by atoms with Crippen LogP contribution in [-0.2, 0) is 106 Å². The molecule has 9 rings (SSSR count). The van der Waals surface area contributed by atoms with Crippen LogP contribution in [0.15, 0.2) is 85.2 Å². The van der Waals surface area contributed by atoms with E-state index in [1.165, 1.54) is 43.3 Å². The van der Waals surface area contributed by atoms with Gasteiger partial charge in [0.2, 0.25) is 94.5 Å². The van der Waals surface area contributed by atoms with Gasteiger partial charge in [0.25, 0.3) is 0 Å². The minimum Gasteiger partial charge on any atom is -0.508 e. The third-order valence-corrected chi connectivity index (χ3v) is 25.0. The number of benzene rings is 3. The van der Waals surface area contributed by atoms with Crippen molar-refractivity contribution in [3.05, 3.63) is 102 Å². The highest BCUT2D eigenvalue weighted by Gasteiger charge is 2.47. The van der Waals surface area contributed by atoms with Gasteiger partial charge in [-0.25, -0.2) is 0 Å². The Balaban J connectivity index is 1.09. The number of aromatic amines is 2. The number of aromatic nitrogens is 2. The first-order valence-corrected chi connectivity index (χ1v) is 45.7. The zero-order chi connectivity index (χ0) is 96.3. The van der Waals surface area contributed by atoms with E-state index in [1.807, 2.05) is 13.8 Å². The maximum absolute atomic E-state index is 15.7. The number of aliphatic carboxylic acids is 2. The second kappa shape index (κ2) is 48.9. The molecular formula is C89H123N19O23S. The number of nitrogens with two attached hydrogens (primary N) is 2. The number of hydrogen-bond acceptors (Lipinski definition) is 23. The molecule has 4 saturated heterocycles. The van der Waals surface area contributed by atoms with Crippen molar-refractivity contribution in [3.8, 4) is 5.75 Å². The number of phenols is 1. The number of phenolic OH excluding ortho intramolecular Hbond substituents is 1. The molecule has 0 radical (unpaired) electrons. The molecule has 718 valence electrons. The number of piperidine rings is 1. The number of likely N-dealkylation sites (N-methyl/N-ethyl adjacent to an activating group) is 2. The Hall–Kier alpha value is -12.8. The fourth-order valence-electron chi connectivity index (χ4n) is 16.9. The summed E-state index contributed by atoms with van der Waals surface area (Å²) in [5.41, 5.74) is 14.1. The van der Waals surface area contributed by atoms with Gasteiger partial charge in [-0.05, 0) is 105 Å². The predicted molar refractivity (Wildman–Crippen MR) is 480 cm³/mol. The molecule has 21 N–H and O–H groups in total. The largest absolute Gasteiger partial charge is 0.508 e. The SMILES string of the molecule is CCCC[C@H]1C(=O)N(C)[C@@H](CCCC)C(=O)N[C@@H](CC(C)C)C(=O)N[C@H](C(=O)NCC(N)=O)CSCC(=O)N[C@H](Cc2ccc(O)cc2)C(=O)N2CCCC[C@H]2C(=O)N[C@@H](CC(=O)O)C(=O)N2CCC[C@H]2C(=O)N[C@@H](CN)C(=O)N[C@@H](CCC(=O)O)C(=O)N2C[C@H](O)C[C@H]2C(=O)N[C@@H](Cc2c[nH]c3ccccc23)C(=O)N[C@@H](CO)C(=O)N[C@@H](Cc2c[nH]c3ccccc23)C(=O)N1C. The van der Waals surface area contributed by atoms with Crippen molar-refractivity contribution in [3.63, 3.8) is 0 Å². The molecule has 0 unspecified atom stereocenters. The third-order valence-electron chi connectivity index (χ3n) is 24.0. The van der Waals surface area contributed by atoms with Gasteiger partial charge in [-0.2, -0.15) is 0 Å². The van der Waals surface area contributed by atoms with Gasteiger partial charge in [0, 0.05) is 112 Å². The van der Waals surface area contributed by atoms with Gasteiger partial charge in [0.05, 0.1) is 31.4 Å². The lowest BCUT2D eigenvalue weighted by Gasteiger charge is -2.38. The first kappa shape index (κ1) is 103. The fourth-order valence-corrected chi connectivity index (χ4v) is 17.8. The van der Waals surface area contributed by atoms with Gasteiger partial charge in [-0.15, -0.1) is 11.8 Å². The van der Waals surface area contributed by atoms with Crippen molar-refractivity contribution in [1.82, 2.24) is 87.6 Å². The van der Waals surface area contributed by atoms with Crippen LogP contribution in [0.2, 0.25) is 0 Å². The van der Waals surface area contributed by atoms with Crippen molar-refractivity contribution in [2.75, 3.05) is 64.9 Å². The Labute approximate surface area is 766 Å². The highest BCUT2D eigenvalue weighted by atomic mass is 32.2. The standard InChI is InChI=1S/C89H123N19O23S/c1-7-9-22-67-81(123)97-59(34-48(3)4)77(119)103-66(76(118)94-43-72(91)112)46-132-47-73(113)95-61(35-49-26-28-52(110)29-27-49)87(129)106-32-16-15-24-68(106)82(124)100-63(39-75(116)117)88(130)107-33-17-25-69(107)83(125)101-64(40-90)79(121)96-58(30-31-74(114)115)86(128)108-44-53(111)38-71(108)84(126)98-60(36-50-41-92-56-20-13-11-18-54(50)56)78(120)102-65(45-109)80(122)99-62(37-51-42-93-57-21-14-12-19-55(51)57)85(127)105(6)70(23-10-8-2)89(131)104(67)5/h11-14,18-21,26-29,41-42,48,53,58-71,92-93,109-111H,7-10,15-17,22-25,30-40,43-47,90H2,1-6H3,(H2,91,112)(H,94,118)(H,95,113)(H,96,121)(H,97,123)(H,98,126)(H,99,122)(H,100,124)(H,101,125)(H,102,120)(H,103,119)(H,114,115)(H,116,117)/t53-,58+,59+,60+,61-,62+,63+,64+,65+,66+,67+,68+,69+,70+,71+/m1/s1. The Bertz CT molecular complexity index is 4990. The number of carbonyl (C=O) groups excluding carboxylic acids is 16. The Morgan fingerprint density at radius 2 is 1.02 bits per heavy atom. The number of aromatic hydroxyl groups is 1. The molecule has 4 fully saturated rings. The summed E-state index contributed by atoms with van der Waals surface area (Å²) in [6.45, 7) is 3.75. The van der Waals surface area contributed by atoms with Crippen LogP contribution in [0.4, 0.5) is 0 Å². The van der Waals surface area contributed by atoms with E-state index in [4.69, 9.17) is 11.5 Å². The second-order valence-electron chi connectivity index (χ2n) is 34.2. The summed E-state index contributed by atoms with van der Waals surface area (Å²) in [7, 11) is 2.70. The number of carboxylic acid groups (broad SMARTS) is 2. The van der Waals surface area contributed by atoms with E-state index in [2.05, 4.69) is 63.1 Å². The van der Waals surface area contributed by atoms with Crippen molar-refractivity contribution < 1.29 is 112 Å². The number of aliphatic hydroxyl groups excluding tert-OH is 2. The van der Waals surface area contributed by atoms with Gasteiger partial charge in [-0.3, -0.25) is 86.3 Å². The summed E-state index contributed by atoms with van der Waals surface area (Å²) >= 11 is 0.791. The lowest BCUT2D eigenvalue weighted by molar-refractivity contribution is -0.149. The first-order chi connectivity index (χ1) is 62.9. The quantitative estimate of drug-likeness (QED) is 0.0312. The summed E-state index contributed by atoms with van der Waals surface area (Å²) in [6, 6.07) is -3.04. The van der Waals surface area contributed by atoms with E-state index < -0.39 is 261 Å². The predicted octanol–water partition coefficient (Wildman–Crippen LogP) is -2.20. The van der Waals surface area contributed by atoms with E-state index in [0.29, 0.717) is 77.0 Å². The molecule has 43 heteroatoms. The first-order valence-electron chi connectivity index (χ1n) is 44.6. The number of hydrogen-bond donors (Lipinski definition) is 19. The van der Waals surface area contributed by atoms with Crippen LogP contribution in [0.3, 0.4) is 0 Å². The summed E-state index contributed by atoms with van der Waals surface area (Å²) in [4.78, 5) is 273. The molecule has 4 aliphatic rings. The summed E-state index contributed by atoms with van der Waals surface area (Å²) in [6.07, 6.45) is 0.0690. The average molecular weight is 1860 g/mol. The highest BCUT2D eigenvalue weighted by Crippen LogP contribution is 2.29. The molecule has 4 aliphatic heterocycles. The molecule has 0 saturated carbocycles. The number of nitrogens with zero attached hydrogens (tertiary/aromatic N) is 5. The third kappa shape index (κ3) is 27.9. The molecule has 132 heavy (non-hydrogen) atoms. The number of H-pyrrole nitrogens is 2. The smallest absolute Gasteiger partial charge is 0.305 e. The lowest BCUT2D eigenvalue weighted by atomic mass is 9.97. The number of para-hydroxylation sites is 2. The lowest BCUT2D eigenvalue weighted by Crippen LogP contribution is -2.62. The number of amides is 16. The summed E-state index contributed by atoms with van der Waals surface area (Å²) in [5.74, 6) is -20.1. The van der Waals surface area contributed by atoms with E-state index >= 15 is 38.4 Å². The monoisotopic (exact) mass is 1860 g/mol. The Morgan fingerprint density at radius 1 is 0.523 bits per heavy atom. The highest BCUT2D eigenvalue weighted by molar-refractivity contribution is 8.00. The van der Waals surface area contributed by atoms with Gasteiger partial charge in [0.1, 0.15) is 90.3 Å². The normalized spacial score (nSPS) is 25.6. The number of rotatable bonds is 24. The number of thioether (sulfide) groups is 1. The number of carboxylic acids is 2. The Kier molecular flexibility index (Phi) is 38.2. The fraction of sp³-hybridized carbons (Fsp3) is 0.551. The molecular weight excluding hydrogens is 1740 g/mol. The van der Waals surface area contributed by atoms with Crippen molar-refractivity contribution in [1.29, 1.82) is 0 Å². The topological polar surface area (TPSA) is 629 Å². The van der Waals surface area contributed by atoms with E-state index in [1.54, 1.807) is 74.8 Å². The van der Waals surface area contributed by atoms with Crippen LogP contribution in [0.25, 0.3) is 21.8 Å². The molecule has 0 spiro atoms. The maximum atomic E-state index is 15.7. The minimum atomic E-state index is -1.92. The van der Waals surface area contributed by atoms with Crippen LogP contribution in [0, 0.1) is 5.92 Å². The van der Waals surface area contributed by atoms with Gasteiger partial charge in [0.15, 0.2) is 0 Å².